The van der Waals surface area contributed by atoms with Crippen molar-refractivity contribution in [3.8, 4) is 17.4 Å². The average Bonchev–Trinajstić information content (AvgIpc) is 3.13. The molecule has 0 atom stereocenters. The quantitative estimate of drug-likeness (QED) is 0.698. The first kappa shape index (κ1) is 15.9. The summed E-state index contributed by atoms with van der Waals surface area (Å²) in [4.78, 5) is 8.57. The van der Waals surface area contributed by atoms with Crippen molar-refractivity contribution in [3.63, 3.8) is 0 Å². The standard InChI is InChI=1S/C19H22N4O2/c1-2-14-12-18(23-19(22-14)20-13-21-23)25-17-10-8-16(9-11-17)24-15-6-4-3-5-7-15/h8-13,15H,2-7H2,1H3. The minimum atomic E-state index is 0.350. The smallest absolute Gasteiger partial charge is 0.255 e. The lowest BCUT2D eigenvalue weighted by atomic mass is 9.98. The molecule has 0 radical (unpaired) electrons. The minimum absolute atomic E-state index is 0.350. The molecule has 1 aromatic carbocycles. The van der Waals surface area contributed by atoms with Gasteiger partial charge in [-0.3, -0.25) is 0 Å². The first-order chi connectivity index (χ1) is 12.3. The van der Waals surface area contributed by atoms with Crippen LogP contribution >= 0.6 is 0 Å². The molecule has 0 unspecified atom stereocenters. The van der Waals surface area contributed by atoms with E-state index in [9.17, 15) is 0 Å². The molecule has 2 aromatic heterocycles. The van der Waals surface area contributed by atoms with Crippen molar-refractivity contribution in [2.45, 2.75) is 51.6 Å². The number of hydrogen-bond donors (Lipinski definition) is 0. The van der Waals surface area contributed by atoms with Gasteiger partial charge < -0.3 is 9.47 Å². The van der Waals surface area contributed by atoms with E-state index in [1.165, 1.54) is 25.6 Å². The summed E-state index contributed by atoms with van der Waals surface area (Å²) in [5.74, 6) is 2.79. The molecule has 0 bridgehead atoms. The lowest BCUT2D eigenvalue weighted by molar-refractivity contribution is 0.155. The third kappa shape index (κ3) is 3.57. The summed E-state index contributed by atoms with van der Waals surface area (Å²) < 4.78 is 13.7. The maximum atomic E-state index is 6.06. The van der Waals surface area contributed by atoms with Crippen LogP contribution in [0.25, 0.3) is 5.78 Å². The second kappa shape index (κ2) is 7.09. The number of hydrogen-bond acceptors (Lipinski definition) is 5. The molecule has 1 fully saturated rings. The molecular weight excluding hydrogens is 316 g/mol. The predicted octanol–water partition coefficient (Wildman–Crippen LogP) is 4.19. The van der Waals surface area contributed by atoms with Crippen molar-refractivity contribution in [2.24, 2.45) is 0 Å². The Morgan fingerprint density at radius 2 is 1.84 bits per heavy atom. The Morgan fingerprint density at radius 1 is 1.08 bits per heavy atom. The van der Waals surface area contributed by atoms with Crippen LogP contribution in [-0.2, 0) is 6.42 Å². The number of benzene rings is 1. The Kier molecular flexibility index (Phi) is 4.50. The summed E-state index contributed by atoms with van der Waals surface area (Å²) in [5.41, 5.74) is 0.924. The fourth-order valence-electron chi connectivity index (χ4n) is 3.17. The summed E-state index contributed by atoms with van der Waals surface area (Å²) in [7, 11) is 0. The van der Waals surface area contributed by atoms with Gasteiger partial charge in [0.15, 0.2) is 0 Å². The summed E-state index contributed by atoms with van der Waals surface area (Å²) in [6, 6.07) is 9.67. The van der Waals surface area contributed by atoms with Crippen molar-refractivity contribution in [1.82, 2.24) is 19.6 Å². The Morgan fingerprint density at radius 3 is 2.60 bits per heavy atom. The van der Waals surface area contributed by atoms with E-state index < -0.39 is 0 Å². The molecule has 1 aliphatic rings. The fourth-order valence-corrected chi connectivity index (χ4v) is 3.17. The van der Waals surface area contributed by atoms with Gasteiger partial charge in [-0.2, -0.15) is 14.6 Å². The Bertz CT molecular complexity index is 838. The Balaban J connectivity index is 1.50. The molecule has 6 nitrogen and oxygen atoms in total. The molecular formula is C19H22N4O2. The van der Waals surface area contributed by atoms with Crippen LogP contribution in [0.3, 0.4) is 0 Å². The topological polar surface area (TPSA) is 61.5 Å². The van der Waals surface area contributed by atoms with E-state index >= 15 is 0 Å². The molecule has 4 rings (SSSR count). The molecule has 1 aliphatic carbocycles. The second-order valence-corrected chi connectivity index (χ2v) is 6.36. The van der Waals surface area contributed by atoms with Gasteiger partial charge in [-0.25, -0.2) is 4.98 Å². The van der Waals surface area contributed by atoms with Gasteiger partial charge in [-0.15, -0.1) is 0 Å². The summed E-state index contributed by atoms with van der Waals surface area (Å²) in [6.07, 6.45) is 8.81. The van der Waals surface area contributed by atoms with Crippen LogP contribution in [-0.4, -0.2) is 25.7 Å². The third-order valence-electron chi connectivity index (χ3n) is 4.54. The highest BCUT2D eigenvalue weighted by Crippen LogP contribution is 2.27. The van der Waals surface area contributed by atoms with Gasteiger partial charge in [0, 0.05) is 11.8 Å². The van der Waals surface area contributed by atoms with Crippen LogP contribution < -0.4 is 9.47 Å². The van der Waals surface area contributed by atoms with Gasteiger partial charge in [0.2, 0.25) is 5.88 Å². The Hall–Kier alpha value is -2.63. The molecule has 6 heteroatoms. The van der Waals surface area contributed by atoms with Crippen molar-refractivity contribution >= 4 is 5.78 Å². The van der Waals surface area contributed by atoms with Gasteiger partial charge >= 0.3 is 0 Å². The third-order valence-corrected chi connectivity index (χ3v) is 4.54. The van der Waals surface area contributed by atoms with Crippen LogP contribution in [0.4, 0.5) is 0 Å². The van der Waals surface area contributed by atoms with Gasteiger partial charge in [0.25, 0.3) is 5.78 Å². The zero-order valence-electron chi connectivity index (χ0n) is 14.4. The Labute approximate surface area is 146 Å². The summed E-state index contributed by atoms with van der Waals surface area (Å²) >= 11 is 0. The minimum Gasteiger partial charge on any atom is -0.490 e. The van der Waals surface area contributed by atoms with E-state index in [1.807, 2.05) is 30.3 Å². The molecule has 1 saturated carbocycles. The summed E-state index contributed by atoms with van der Waals surface area (Å²) in [5, 5.41) is 4.18. The molecule has 0 spiro atoms. The number of fused-ring (bicyclic) bond motifs is 1. The van der Waals surface area contributed by atoms with E-state index in [4.69, 9.17) is 9.47 Å². The first-order valence-corrected chi connectivity index (χ1v) is 8.96. The maximum absolute atomic E-state index is 6.06. The van der Waals surface area contributed by atoms with E-state index in [1.54, 1.807) is 4.52 Å². The fraction of sp³-hybridized carbons (Fsp3) is 0.421. The zero-order valence-corrected chi connectivity index (χ0v) is 14.4. The molecule has 130 valence electrons. The van der Waals surface area contributed by atoms with E-state index in [2.05, 4.69) is 22.0 Å². The highest BCUT2D eigenvalue weighted by Gasteiger charge is 2.15. The average molecular weight is 338 g/mol. The van der Waals surface area contributed by atoms with Crippen LogP contribution in [0.5, 0.6) is 17.4 Å². The van der Waals surface area contributed by atoms with Gasteiger partial charge in [-0.1, -0.05) is 13.3 Å². The number of aryl methyl sites for hydroxylation is 1. The number of ether oxygens (including phenoxy) is 2. The lowest BCUT2D eigenvalue weighted by Gasteiger charge is -2.23. The molecule has 0 aliphatic heterocycles. The first-order valence-electron chi connectivity index (χ1n) is 8.96. The van der Waals surface area contributed by atoms with Crippen molar-refractivity contribution in [2.75, 3.05) is 0 Å². The normalized spacial score (nSPS) is 15.4. The van der Waals surface area contributed by atoms with Gasteiger partial charge in [0.05, 0.1) is 6.10 Å². The molecule has 2 heterocycles. The van der Waals surface area contributed by atoms with Crippen LogP contribution in [0.15, 0.2) is 36.7 Å². The van der Waals surface area contributed by atoms with Crippen molar-refractivity contribution < 1.29 is 9.47 Å². The maximum Gasteiger partial charge on any atom is 0.255 e. The van der Waals surface area contributed by atoms with Crippen molar-refractivity contribution in [3.05, 3.63) is 42.4 Å². The predicted molar refractivity (Wildman–Crippen MR) is 94.2 cm³/mol. The van der Waals surface area contributed by atoms with Gasteiger partial charge in [-0.05, 0) is 56.4 Å². The van der Waals surface area contributed by atoms with Crippen LogP contribution in [0.2, 0.25) is 0 Å². The molecule has 25 heavy (non-hydrogen) atoms. The number of rotatable bonds is 5. The van der Waals surface area contributed by atoms with Gasteiger partial charge in [0.1, 0.15) is 17.8 Å². The lowest BCUT2D eigenvalue weighted by Crippen LogP contribution is -2.19. The SMILES string of the molecule is CCc1cc(Oc2ccc(OC3CCCCC3)cc2)n2ncnc2n1. The van der Waals surface area contributed by atoms with Crippen LogP contribution in [0, 0.1) is 0 Å². The highest BCUT2D eigenvalue weighted by atomic mass is 16.5. The summed E-state index contributed by atoms with van der Waals surface area (Å²) in [6.45, 7) is 2.05. The van der Waals surface area contributed by atoms with E-state index in [0.717, 1.165) is 36.5 Å². The van der Waals surface area contributed by atoms with E-state index in [0.29, 0.717) is 17.8 Å². The monoisotopic (exact) mass is 338 g/mol. The molecule has 0 amide bonds. The number of nitrogens with zero attached hydrogens (tertiary/aromatic N) is 4. The molecule has 0 saturated heterocycles. The zero-order chi connectivity index (χ0) is 17.1. The molecule has 3 aromatic rings. The number of aromatic nitrogens is 4. The second-order valence-electron chi connectivity index (χ2n) is 6.36. The highest BCUT2D eigenvalue weighted by molar-refractivity contribution is 5.38. The van der Waals surface area contributed by atoms with E-state index in [-0.39, 0.29) is 0 Å². The van der Waals surface area contributed by atoms with Crippen molar-refractivity contribution in [1.29, 1.82) is 0 Å². The molecule has 0 N–H and O–H groups in total. The van der Waals surface area contributed by atoms with Crippen LogP contribution in [0.1, 0.15) is 44.7 Å². The largest absolute Gasteiger partial charge is 0.490 e.